The summed E-state index contributed by atoms with van der Waals surface area (Å²) in [5.41, 5.74) is -1.95. The largest absolute Gasteiger partial charge is 0.416 e. The molecule has 0 N–H and O–H groups in total. The second-order valence-electron chi connectivity index (χ2n) is 9.90. The Morgan fingerprint density at radius 2 is 1.59 bits per heavy atom. The van der Waals surface area contributed by atoms with Gasteiger partial charge in [0.1, 0.15) is 18.5 Å². The van der Waals surface area contributed by atoms with E-state index in [0.717, 1.165) is 0 Å². The highest BCUT2D eigenvalue weighted by Crippen LogP contribution is 2.48. The van der Waals surface area contributed by atoms with E-state index >= 15 is 0 Å². The zero-order chi connectivity index (χ0) is 28.3. The summed E-state index contributed by atoms with van der Waals surface area (Å²) in [6.45, 7) is 3.11. The Hall–Kier alpha value is -3.48. The second-order valence-corrected chi connectivity index (χ2v) is 9.90. The van der Waals surface area contributed by atoms with Crippen molar-refractivity contribution in [2.45, 2.75) is 62.8 Å². The first-order valence-electron chi connectivity index (χ1n) is 12.1. The van der Waals surface area contributed by atoms with Gasteiger partial charge >= 0.3 is 12.4 Å². The number of aryl methyl sites for hydroxylation is 1. The van der Waals surface area contributed by atoms with Crippen molar-refractivity contribution in [3.63, 3.8) is 0 Å². The number of carbonyl (C=O) groups is 1. The molecule has 0 aliphatic carbocycles. The number of rotatable bonds is 5. The van der Waals surface area contributed by atoms with Crippen LogP contribution in [-0.2, 0) is 21.9 Å². The highest BCUT2D eigenvalue weighted by molar-refractivity contribution is 5.80. The highest BCUT2D eigenvalue weighted by atomic mass is 19.4. The fraction of sp³-hybridized carbons (Fsp3) is 0.423. The molecule has 3 aromatic rings. The van der Waals surface area contributed by atoms with Crippen molar-refractivity contribution >= 4 is 5.91 Å². The lowest BCUT2D eigenvalue weighted by atomic mass is 9.84. The van der Waals surface area contributed by atoms with Gasteiger partial charge in [-0.1, -0.05) is 6.07 Å². The van der Waals surface area contributed by atoms with Crippen LogP contribution in [0.4, 0.5) is 30.7 Å². The Bertz CT molecular complexity index is 1340. The van der Waals surface area contributed by atoms with Crippen molar-refractivity contribution < 1.29 is 40.3 Å². The molecule has 2 aliphatic rings. The average molecular weight is 556 g/mol. The minimum Gasteiger partial charge on any atom is -0.368 e. The second kappa shape index (κ2) is 9.61. The quantitative estimate of drug-likeness (QED) is 0.370. The number of halogens is 7. The van der Waals surface area contributed by atoms with Crippen LogP contribution in [0.3, 0.4) is 0 Å². The number of fused-ring (bicyclic) bond motifs is 1. The molecule has 2 saturated heterocycles. The van der Waals surface area contributed by atoms with Gasteiger partial charge in [-0.2, -0.15) is 26.3 Å². The number of benzene rings is 2. The zero-order valence-electron chi connectivity index (χ0n) is 20.7. The number of carbonyl (C=O) groups excluding carboxylic acids is 1. The molecule has 2 aliphatic heterocycles. The van der Waals surface area contributed by atoms with E-state index in [-0.39, 0.29) is 30.5 Å². The third kappa shape index (κ3) is 5.11. The van der Waals surface area contributed by atoms with E-state index < -0.39 is 59.5 Å². The van der Waals surface area contributed by atoms with Crippen molar-refractivity contribution in [2.24, 2.45) is 0 Å². The molecule has 39 heavy (non-hydrogen) atoms. The molecule has 1 amide bonds. The molecular formula is C26H23F7N4O2. The highest BCUT2D eigenvalue weighted by Gasteiger charge is 2.54. The normalized spacial score (nSPS) is 24.3. The lowest BCUT2D eigenvalue weighted by Crippen LogP contribution is -2.33. The van der Waals surface area contributed by atoms with E-state index in [4.69, 9.17) is 4.74 Å². The first-order valence-corrected chi connectivity index (χ1v) is 12.1. The van der Waals surface area contributed by atoms with Crippen molar-refractivity contribution in [1.29, 1.82) is 0 Å². The van der Waals surface area contributed by atoms with Gasteiger partial charge in [0.05, 0.1) is 35.4 Å². The number of aromatic nitrogens is 3. The van der Waals surface area contributed by atoms with Gasteiger partial charge in [-0.3, -0.25) is 4.79 Å². The van der Waals surface area contributed by atoms with Gasteiger partial charge in [0.2, 0.25) is 5.91 Å². The first kappa shape index (κ1) is 27.1. The third-order valence-corrected chi connectivity index (χ3v) is 7.47. The molecule has 5 atom stereocenters. The fourth-order valence-electron chi connectivity index (χ4n) is 5.72. The minimum absolute atomic E-state index is 0.0546. The summed E-state index contributed by atoms with van der Waals surface area (Å²) in [5, 5.41) is 7.63. The number of amides is 1. The number of ether oxygens (including phenoxy) is 1. The van der Waals surface area contributed by atoms with Crippen LogP contribution in [0.15, 0.2) is 49.1 Å². The van der Waals surface area contributed by atoms with Gasteiger partial charge in [0.25, 0.3) is 0 Å². The summed E-state index contributed by atoms with van der Waals surface area (Å²) >= 11 is 0. The summed E-state index contributed by atoms with van der Waals surface area (Å²) in [7, 11) is 0. The van der Waals surface area contributed by atoms with E-state index in [1.54, 1.807) is 22.5 Å². The maximum Gasteiger partial charge on any atom is 0.416 e. The molecular weight excluding hydrogens is 533 g/mol. The predicted octanol–water partition coefficient (Wildman–Crippen LogP) is 5.85. The van der Waals surface area contributed by atoms with Gasteiger partial charge in [-0.05, 0) is 60.9 Å². The fourth-order valence-corrected chi connectivity index (χ4v) is 5.72. The van der Waals surface area contributed by atoms with E-state index in [9.17, 15) is 35.5 Å². The maximum atomic E-state index is 14.0. The Kier molecular flexibility index (Phi) is 6.68. The molecule has 0 saturated carbocycles. The van der Waals surface area contributed by atoms with Crippen molar-refractivity contribution in [2.75, 3.05) is 6.54 Å². The van der Waals surface area contributed by atoms with Crippen molar-refractivity contribution in [3.05, 3.63) is 82.7 Å². The van der Waals surface area contributed by atoms with Crippen LogP contribution >= 0.6 is 0 Å². The maximum absolute atomic E-state index is 14.0. The van der Waals surface area contributed by atoms with Gasteiger partial charge in [0.15, 0.2) is 0 Å². The van der Waals surface area contributed by atoms with Crippen LogP contribution in [0.5, 0.6) is 0 Å². The van der Waals surface area contributed by atoms with E-state index in [2.05, 4.69) is 10.2 Å². The number of nitrogens with zero attached hydrogens (tertiary/aromatic N) is 4. The number of hydrogen-bond donors (Lipinski definition) is 0. The monoisotopic (exact) mass is 556 g/mol. The molecule has 13 heteroatoms. The van der Waals surface area contributed by atoms with Crippen LogP contribution in [0.2, 0.25) is 0 Å². The van der Waals surface area contributed by atoms with E-state index in [1.807, 2.05) is 0 Å². The molecule has 1 unspecified atom stereocenters. The molecule has 1 aromatic heterocycles. The Morgan fingerprint density at radius 3 is 2.15 bits per heavy atom. The van der Waals surface area contributed by atoms with E-state index in [0.29, 0.717) is 23.3 Å². The molecule has 208 valence electrons. The van der Waals surface area contributed by atoms with Crippen molar-refractivity contribution in [1.82, 2.24) is 19.7 Å². The molecule has 6 nitrogen and oxygen atoms in total. The summed E-state index contributed by atoms with van der Waals surface area (Å²) in [4.78, 5) is 14.6. The predicted molar refractivity (Wildman–Crippen MR) is 123 cm³/mol. The average Bonchev–Trinajstić information content (AvgIpc) is 3.56. The Labute approximate surface area is 218 Å². The smallest absolute Gasteiger partial charge is 0.368 e. The minimum atomic E-state index is -5.00. The Balaban J connectivity index is 1.54. The molecule has 5 rings (SSSR count). The standard InChI is InChI=1S/C26H23F7N4O2/c1-13-5-18(27)3-4-19(13)23-21(10-37-22(38)9-20(24(23)37)36-11-34-35-12-36)39-14(2)15-6-16(25(28,29)30)8-17(7-15)26(31,32)33/h3-8,11-12,14,20-21,23-24H,9-10H2,1-2H3/t14-,20-,21+,23-,24?/m1/s1. The van der Waals surface area contributed by atoms with Gasteiger partial charge in [-0.25, -0.2) is 4.39 Å². The lowest BCUT2D eigenvalue weighted by molar-refractivity contribution is -0.143. The molecule has 0 radical (unpaired) electrons. The van der Waals surface area contributed by atoms with Gasteiger partial charge < -0.3 is 14.2 Å². The SMILES string of the molecule is Cc1cc(F)ccc1[C@H]1C2[C@H](n3cnnc3)CC(=O)N2C[C@@H]1O[C@H](C)c1cc(C(F)(F)F)cc(C(F)(F)F)c1. The first-order chi connectivity index (χ1) is 18.2. The zero-order valence-corrected chi connectivity index (χ0v) is 20.7. The number of hydrogen-bond acceptors (Lipinski definition) is 4. The molecule has 3 heterocycles. The molecule has 0 bridgehead atoms. The van der Waals surface area contributed by atoms with Crippen LogP contribution in [-0.4, -0.2) is 44.3 Å². The number of alkyl halides is 6. The van der Waals surface area contributed by atoms with Gasteiger partial charge in [-0.15, -0.1) is 10.2 Å². The van der Waals surface area contributed by atoms with Crippen LogP contribution in [0, 0.1) is 12.7 Å². The molecule has 0 spiro atoms. The van der Waals surface area contributed by atoms with Gasteiger partial charge in [0, 0.05) is 18.9 Å². The summed E-state index contributed by atoms with van der Waals surface area (Å²) in [5.74, 6) is -1.22. The summed E-state index contributed by atoms with van der Waals surface area (Å²) in [6.07, 6.45) is -8.92. The summed E-state index contributed by atoms with van der Waals surface area (Å²) in [6, 6.07) is 4.60. The molecule has 2 fully saturated rings. The van der Waals surface area contributed by atoms with Crippen molar-refractivity contribution in [3.8, 4) is 0 Å². The lowest BCUT2D eigenvalue weighted by Gasteiger charge is -2.31. The van der Waals surface area contributed by atoms with E-state index in [1.165, 1.54) is 31.7 Å². The Morgan fingerprint density at radius 1 is 0.974 bits per heavy atom. The third-order valence-electron chi connectivity index (χ3n) is 7.47. The van der Waals surface area contributed by atoms with Crippen LogP contribution in [0.25, 0.3) is 0 Å². The van der Waals surface area contributed by atoms with Crippen LogP contribution < -0.4 is 0 Å². The van der Waals surface area contributed by atoms with Crippen LogP contribution in [0.1, 0.15) is 59.2 Å². The summed E-state index contributed by atoms with van der Waals surface area (Å²) < 4.78 is 102. The topological polar surface area (TPSA) is 60.2 Å². The molecule has 2 aromatic carbocycles.